The monoisotopic (exact) mass is 529 g/mol. The molecule has 2 aliphatic heterocycles. The number of ether oxygens (including phenoxy) is 1. The molecule has 192 valence electrons. The Bertz CT molecular complexity index is 1010. The molecule has 1 unspecified atom stereocenters. The van der Waals surface area contributed by atoms with Gasteiger partial charge in [-0.2, -0.15) is 18.3 Å². The molecule has 1 fully saturated rings. The molecule has 4 rings (SSSR count). The molecule has 2 aromatic rings. The second kappa shape index (κ2) is 11.7. The molecular weight excluding hydrogens is 498 g/mol. The van der Waals surface area contributed by atoms with Crippen molar-refractivity contribution in [3.05, 3.63) is 52.5 Å². The first-order valence-corrected chi connectivity index (χ1v) is 12.8. The molecule has 1 saturated heterocycles. The second-order valence-corrected chi connectivity index (χ2v) is 9.33. The molecular formula is C26H32Cl2F3N3O. The molecule has 9 heteroatoms. The van der Waals surface area contributed by atoms with Crippen LogP contribution in [0.4, 0.5) is 24.5 Å². The summed E-state index contributed by atoms with van der Waals surface area (Å²) in [5.74, 6) is 0.0161. The van der Waals surface area contributed by atoms with Crippen molar-refractivity contribution in [2.45, 2.75) is 65.3 Å². The molecule has 2 heterocycles. The third-order valence-corrected chi connectivity index (χ3v) is 6.90. The minimum atomic E-state index is -4.42. The lowest BCUT2D eigenvalue weighted by Crippen LogP contribution is -2.38. The van der Waals surface area contributed by atoms with Gasteiger partial charge in [0.05, 0.1) is 22.4 Å². The van der Waals surface area contributed by atoms with Crippen LogP contribution in [0.5, 0.6) is 5.75 Å². The predicted molar refractivity (Wildman–Crippen MR) is 139 cm³/mol. The van der Waals surface area contributed by atoms with E-state index in [-0.39, 0.29) is 12.1 Å². The van der Waals surface area contributed by atoms with E-state index in [1.807, 2.05) is 26.8 Å². The van der Waals surface area contributed by atoms with Crippen molar-refractivity contribution >= 4 is 40.3 Å². The normalized spacial score (nSPS) is 20.9. The maximum absolute atomic E-state index is 13.3. The Morgan fingerprint density at radius 1 is 1.03 bits per heavy atom. The minimum Gasteiger partial charge on any atom is -0.490 e. The summed E-state index contributed by atoms with van der Waals surface area (Å²) in [6.07, 6.45) is -2.15. The minimum absolute atomic E-state index is 0.0510. The van der Waals surface area contributed by atoms with E-state index in [2.05, 4.69) is 10.0 Å². The van der Waals surface area contributed by atoms with Gasteiger partial charge in [-0.25, -0.2) is 0 Å². The molecule has 0 bridgehead atoms. The van der Waals surface area contributed by atoms with Crippen molar-refractivity contribution in [1.82, 2.24) is 0 Å². The number of hydrogen-bond donors (Lipinski definition) is 0. The van der Waals surface area contributed by atoms with Gasteiger partial charge in [-0.1, -0.05) is 50.9 Å². The van der Waals surface area contributed by atoms with E-state index in [9.17, 15) is 13.2 Å². The fraction of sp³-hybridized carbons (Fsp3) is 0.500. The molecule has 35 heavy (non-hydrogen) atoms. The lowest BCUT2D eigenvalue weighted by Gasteiger charge is -2.34. The van der Waals surface area contributed by atoms with Gasteiger partial charge in [-0.15, -0.1) is 0 Å². The summed E-state index contributed by atoms with van der Waals surface area (Å²) in [6.45, 7) is 9.05. The Kier molecular flexibility index (Phi) is 9.22. The van der Waals surface area contributed by atoms with Crippen molar-refractivity contribution in [3.8, 4) is 5.75 Å². The highest BCUT2D eigenvalue weighted by atomic mass is 35.5. The van der Waals surface area contributed by atoms with Crippen LogP contribution in [0.1, 0.15) is 47.0 Å². The van der Waals surface area contributed by atoms with Gasteiger partial charge < -0.3 is 9.64 Å². The van der Waals surface area contributed by atoms with Gasteiger partial charge in [-0.3, -0.25) is 5.01 Å². The van der Waals surface area contributed by atoms with E-state index in [0.717, 1.165) is 31.6 Å². The molecule has 0 spiro atoms. The summed E-state index contributed by atoms with van der Waals surface area (Å²) in [5.41, 5.74) is 0.836. The van der Waals surface area contributed by atoms with Crippen molar-refractivity contribution in [2.24, 2.45) is 11.0 Å². The Hall–Kier alpha value is -2.12. The zero-order chi connectivity index (χ0) is 25.8. The molecule has 0 aliphatic carbocycles. The van der Waals surface area contributed by atoms with Gasteiger partial charge in [0, 0.05) is 36.9 Å². The maximum atomic E-state index is 13.3. The molecule has 0 aromatic heterocycles. The summed E-state index contributed by atoms with van der Waals surface area (Å²) in [4.78, 5) is 2.20. The van der Waals surface area contributed by atoms with Crippen molar-refractivity contribution in [1.29, 1.82) is 0 Å². The number of halogens is 5. The fourth-order valence-electron chi connectivity index (χ4n) is 4.58. The molecule has 4 nitrogen and oxygen atoms in total. The first kappa shape index (κ1) is 27.5. The number of rotatable bonds is 5. The van der Waals surface area contributed by atoms with Crippen LogP contribution in [0.3, 0.4) is 0 Å². The number of piperidine rings is 1. The zero-order valence-electron chi connectivity index (χ0n) is 20.4. The highest BCUT2D eigenvalue weighted by Crippen LogP contribution is 2.37. The second-order valence-electron chi connectivity index (χ2n) is 8.49. The number of benzene rings is 2. The number of alkyl halides is 3. The highest BCUT2D eigenvalue weighted by Gasteiger charge is 2.47. The molecule has 2 aromatic carbocycles. The summed E-state index contributed by atoms with van der Waals surface area (Å²) < 4.78 is 46.1. The molecule has 0 radical (unpaired) electrons. The van der Waals surface area contributed by atoms with E-state index >= 15 is 0 Å². The van der Waals surface area contributed by atoms with Crippen LogP contribution in [0.15, 0.2) is 47.6 Å². The van der Waals surface area contributed by atoms with Crippen molar-refractivity contribution < 1.29 is 17.9 Å². The summed E-state index contributed by atoms with van der Waals surface area (Å²) in [6, 6.07) is 12.3. The van der Waals surface area contributed by atoms with Gasteiger partial charge in [0.2, 0.25) is 0 Å². The summed E-state index contributed by atoms with van der Waals surface area (Å²) in [5, 5.41) is 6.73. The van der Waals surface area contributed by atoms with Crippen LogP contribution in [-0.4, -0.2) is 37.1 Å². The number of hydrogen-bond acceptors (Lipinski definition) is 4. The van der Waals surface area contributed by atoms with E-state index in [1.165, 1.54) is 5.01 Å². The SMILES string of the molecule is CC.CC[C@H]1C(C)C(C(F)(F)F)=NN1c1ccc(OC2CCN(c3cc(Cl)ccc3Cl)CC2)cc1. The van der Waals surface area contributed by atoms with E-state index in [1.54, 1.807) is 43.3 Å². The third kappa shape index (κ3) is 6.36. The Morgan fingerprint density at radius 3 is 2.23 bits per heavy atom. The van der Waals surface area contributed by atoms with Crippen LogP contribution >= 0.6 is 23.2 Å². The van der Waals surface area contributed by atoms with E-state index < -0.39 is 17.8 Å². The van der Waals surface area contributed by atoms with E-state index in [0.29, 0.717) is 27.9 Å². The van der Waals surface area contributed by atoms with Gasteiger partial charge in [0.15, 0.2) is 0 Å². The van der Waals surface area contributed by atoms with Crippen LogP contribution in [0.25, 0.3) is 0 Å². The topological polar surface area (TPSA) is 28.1 Å². The number of anilines is 2. The molecule has 0 saturated carbocycles. The Balaban J connectivity index is 0.00000167. The van der Waals surface area contributed by atoms with Crippen LogP contribution in [-0.2, 0) is 0 Å². The van der Waals surface area contributed by atoms with E-state index in [4.69, 9.17) is 27.9 Å². The van der Waals surface area contributed by atoms with Gasteiger partial charge in [-0.05, 0) is 48.9 Å². The Morgan fingerprint density at radius 2 is 1.66 bits per heavy atom. The number of nitrogens with zero attached hydrogens (tertiary/aromatic N) is 3. The van der Waals surface area contributed by atoms with Gasteiger partial charge >= 0.3 is 6.18 Å². The molecule has 0 amide bonds. The average Bonchev–Trinajstić information content (AvgIpc) is 3.19. The summed E-state index contributed by atoms with van der Waals surface area (Å²) >= 11 is 12.4. The highest BCUT2D eigenvalue weighted by molar-refractivity contribution is 6.35. The lowest BCUT2D eigenvalue weighted by atomic mass is 9.95. The summed E-state index contributed by atoms with van der Waals surface area (Å²) in [7, 11) is 0. The predicted octanol–water partition coefficient (Wildman–Crippen LogP) is 8.22. The maximum Gasteiger partial charge on any atom is 0.431 e. The van der Waals surface area contributed by atoms with Crippen LogP contribution in [0, 0.1) is 5.92 Å². The first-order chi connectivity index (χ1) is 16.7. The largest absolute Gasteiger partial charge is 0.490 e. The first-order valence-electron chi connectivity index (χ1n) is 12.1. The zero-order valence-corrected chi connectivity index (χ0v) is 22.0. The Labute approximate surface area is 215 Å². The van der Waals surface area contributed by atoms with Crippen molar-refractivity contribution in [2.75, 3.05) is 23.0 Å². The van der Waals surface area contributed by atoms with Crippen LogP contribution in [0.2, 0.25) is 10.0 Å². The number of hydrazone groups is 1. The lowest BCUT2D eigenvalue weighted by molar-refractivity contribution is -0.0620. The standard InChI is InChI=1S/C24H26Cl2F3N3O.C2H6/c1-3-21-15(2)23(24(27,28)29)30-32(21)17-5-7-18(8-6-17)33-19-10-12-31(13-11-19)22-14-16(25)4-9-20(22)26;1-2/h4-9,14-15,19,21H,3,10-13H2,1-2H3;1-2H3/t15?,21-;/m0./s1. The van der Waals surface area contributed by atoms with Crippen LogP contribution < -0.4 is 14.6 Å². The smallest absolute Gasteiger partial charge is 0.431 e. The van der Waals surface area contributed by atoms with Gasteiger partial charge in [0.1, 0.15) is 17.6 Å². The molecule has 0 N–H and O–H groups in total. The average molecular weight is 530 g/mol. The fourth-order valence-corrected chi connectivity index (χ4v) is 4.98. The molecule has 2 atom stereocenters. The quantitative estimate of drug-likeness (QED) is 0.390. The van der Waals surface area contributed by atoms with Gasteiger partial charge in [0.25, 0.3) is 0 Å². The van der Waals surface area contributed by atoms with Crippen molar-refractivity contribution in [3.63, 3.8) is 0 Å². The third-order valence-electron chi connectivity index (χ3n) is 6.34. The molecule has 2 aliphatic rings.